The Hall–Kier alpha value is -2.96. The van der Waals surface area contributed by atoms with Crippen LogP contribution in [0.1, 0.15) is 15.9 Å². The number of aromatic amines is 1. The van der Waals surface area contributed by atoms with Crippen molar-refractivity contribution in [3.63, 3.8) is 0 Å². The Morgan fingerprint density at radius 3 is 2.54 bits per heavy atom. The van der Waals surface area contributed by atoms with Crippen molar-refractivity contribution in [3.05, 3.63) is 73.7 Å². The van der Waals surface area contributed by atoms with Crippen molar-refractivity contribution >= 4 is 47.3 Å². The second-order valence-electron chi connectivity index (χ2n) is 5.03. The molecule has 1 heterocycles. The maximum absolute atomic E-state index is 11.9. The number of nitrogens with two attached hydrogens (primary N) is 1. The molecule has 0 spiro atoms. The molecule has 9 nitrogen and oxygen atoms in total. The summed E-state index contributed by atoms with van der Waals surface area (Å²) in [5.41, 5.74) is 6.18. The predicted octanol–water partition coefficient (Wildman–Crippen LogP) is 3.69. The number of aromatic nitrogens is 2. The van der Waals surface area contributed by atoms with Gasteiger partial charge in [0.2, 0.25) is 5.13 Å². The van der Waals surface area contributed by atoms with Crippen LogP contribution in [0, 0.1) is 14.1 Å². The Labute approximate surface area is 173 Å². The van der Waals surface area contributed by atoms with Crippen molar-refractivity contribution in [2.24, 2.45) is 0 Å². The first-order chi connectivity index (χ1) is 13.3. The smallest absolute Gasteiger partial charge is 0.343 e. The van der Waals surface area contributed by atoms with Gasteiger partial charge in [-0.1, -0.05) is 29.5 Å². The van der Waals surface area contributed by atoms with E-state index >= 15 is 0 Å². The number of nitrogens with one attached hydrogen (secondary N) is 1. The lowest BCUT2D eigenvalue weighted by atomic mass is 10.2. The van der Waals surface area contributed by atoms with Crippen LogP contribution in [0.5, 0.6) is 5.75 Å². The number of H-pyrrole nitrogens is 1. The monoisotopic (exact) mass is 438 g/mol. The zero-order chi connectivity index (χ0) is 20.5. The number of ether oxygens (including phenoxy) is 1. The van der Waals surface area contributed by atoms with Gasteiger partial charge in [0.05, 0.1) is 5.56 Å². The number of nitrogen functional groups attached to an aromatic ring is 1. The van der Waals surface area contributed by atoms with E-state index in [2.05, 4.69) is 39.9 Å². The van der Waals surface area contributed by atoms with Crippen molar-refractivity contribution in [2.75, 3.05) is 5.73 Å². The molecule has 28 heavy (non-hydrogen) atoms. The Morgan fingerprint density at radius 2 is 2.04 bits per heavy atom. The van der Waals surface area contributed by atoms with Gasteiger partial charge in [-0.05, 0) is 48.1 Å². The lowest BCUT2D eigenvalue weighted by Crippen LogP contribution is -2.08. The van der Waals surface area contributed by atoms with Crippen LogP contribution in [0.3, 0.4) is 0 Å². The van der Waals surface area contributed by atoms with E-state index in [9.17, 15) is 14.9 Å². The summed E-state index contributed by atoms with van der Waals surface area (Å²) < 4.78 is 5.81. The van der Waals surface area contributed by atoms with Gasteiger partial charge in [0, 0.05) is 4.90 Å². The van der Waals surface area contributed by atoms with Crippen LogP contribution in [0.2, 0.25) is 0 Å². The van der Waals surface area contributed by atoms with Crippen LogP contribution < -0.4 is 10.5 Å². The molecule has 3 aromatic rings. The molecule has 0 fully saturated rings. The fourth-order valence-electron chi connectivity index (χ4n) is 1.82. The zero-order valence-corrected chi connectivity index (χ0v) is 16.6. The summed E-state index contributed by atoms with van der Waals surface area (Å²) in [6.45, 7) is -0.150. The van der Waals surface area contributed by atoms with Crippen LogP contribution in [-0.4, -0.2) is 21.3 Å². The van der Waals surface area contributed by atoms with E-state index in [4.69, 9.17) is 10.5 Å². The minimum absolute atomic E-state index is 0.150. The van der Waals surface area contributed by atoms with Crippen molar-refractivity contribution in [1.82, 2.24) is 10.2 Å². The molecule has 0 atom stereocenters. The molecule has 146 valence electrons. The first-order valence-electron chi connectivity index (χ1n) is 7.52. The predicted molar refractivity (Wildman–Crippen MR) is 109 cm³/mol. The van der Waals surface area contributed by atoms with Crippen molar-refractivity contribution in [2.45, 2.75) is 11.5 Å². The highest BCUT2D eigenvalue weighted by Gasteiger charge is 2.08. The lowest BCUT2D eigenvalue weighted by molar-refractivity contribution is -0.763. The molecule has 2 aromatic carbocycles. The fourth-order valence-corrected chi connectivity index (χ4v) is 2.72. The fraction of sp³-hybridized carbons (Fsp3) is 0.0625. The van der Waals surface area contributed by atoms with E-state index in [0.29, 0.717) is 30.9 Å². The molecule has 0 aliphatic heterocycles. The molecular formula is C16H14N4O5S3. The summed E-state index contributed by atoms with van der Waals surface area (Å²) in [5, 5.41) is 15.8. The minimum Gasteiger partial charge on any atom is -0.423 e. The third-order valence-corrected chi connectivity index (χ3v) is 4.20. The minimum atomic E-state index is -0.863. The van der Waals surface area contributed by atoms with Gasteiger partial charge in [0.15, 0.2) is 3.95 Å². The Balaban J connectivity index is 0.000000336. The number of hydrogen-bond donors (Lipinski definition) is 3. The van der Waals surface area contributed by atoms with Gasteiger partial charge in [0.25, 0.3) is 5.09 Å². The topological polar surface area (TPSA) is 133 Å². The van der Waals surface area contributed by atoms with Crippen LogP contribution in [-0.2, 0) is 11.4 Å². The Kier molecular flexibility index (Phi) is 7.92. The third kappa shape index (κ3) is 7.34. The van der Waals surface area contributed by atoms with Crippen LogP contribution in [0.15, 0.2) is 53.4 Å². The average Bonchev–Trinajstić information content (AvgIpc) is 3.04. The molecule has 0 radical (unpaired) electrons. The summed E-state index contributed by atoms with van der Waals surface area (Å²) in [7, 11) is 0. The van der Waals surface area contributed by atoms with Gasteiger partial charge >= 0.3 is 5.97 Å². The Morgan fingerprint density at radius 1 is 1.32 bits per heavy atom. The quantitative estimate of drug-likeness (QED) is 0.137. The standard InChI is InChI=1S/C14H11NO5S.C2H3N3S2/c16-14(11-2-1-3-13(21)8-11)20-12-6-4-10(5-7-12)9-19-15(17)18;3-1-4-5-2(6)7-1/h1-8,21H,9H2;(H2,3,4)(H,5,6). The van der Waals surface area contributed by atoms with Gasteiger partial charge in [-0.3, -0.25) is 5.10 Å². The molecule has 3 N–H and O–H groups in total. The highest BCUT2D eigenvalue weighted by atomic mass is 32.1. The summed E-state index contributed by atoms with van der Waals surface area (Å²) in [6.07, 6.45) is 0. The molecule has 12 heteroatoms. The highest BCUT2D eigenvalue weighted by molar-refractivity contribution is 7.80. The number of thiol groups is 1. The van der Waals surface area contributed by atoms with Crippen LogP contribution in [0.4, 0.5) is 5.13 Å². The summed E-state index contributed by atoms with van der Waals surface area (Å²) >= 11 is 10.1. The van der Waals surface area contributed by atoms with Gasteiger partial charge in [-0.15, -0.1) is 27.8 Å². The van der Waals surface area contributed by atoms with E-state index in [1.165, 1.54) is 11.3 Å². The SMILES string of the molecule is Nc1n[nH]c(=S)s1.O=C(Oc1ccc(CO[N+](=O)[O-])cc1)c1cccc(S)c1. The molecule has 0 saturated heterocycles. The maximum Gasteiger partial charge on any atom is 0.343 e. The van der Waals surface area contributed by atoms with Crippen LogP contribution >= 0.6 is 36.2 Å². The molecule has 0 aliphatic rings. The van der Waals surface area contributed by atoms with E-state index in [1.54, 1.807) is 48.5 Å². The number of nitrogens with zero attached hydrogens (tertiary/aromatic N) is 2. The number of esters is 1. The number of carbonyl (C=O) groups is 1. The summed E-state index contributed by atoms with van der Waals surface area (Å²) in [5.74, 6) is -0.158. The third-order valence-electron chi connectivity index (χ3n) is 3.01. The van der Waals surface area contributed by atoms with Crippen molar-refractivity contribution in [3.8, 4) is 5.75 Å². The van der Waals surface area contributed by atoms with E-state index in [1.807, 2.05) is 0 Å². The maximum atomic E-state index is 11.9. The van der Waals surface area contributed by atoms with E-state index < -0.39 is 11.1 Å². The summed E-state index contributed by atoms with van der Waals surface area (Å²) in [4.78, 5) is 26.9. The van der Waals surface area contributed by atoms with Crippen molar-refractivity contribution in [1.29, 1.82) is 0 Å². The first kappa shape index (κ1) is 21.3. The number of benzene rings is 2. The zero-order valence-electron chi connectivity index (χ0n) is 14.1. The van der Waals surface area contributed by atoms with Crippen LogP contribution in [0.25, 0.3) is 0 Å². The van der Waals surface area contributed by atoms with Gasteiger partial charge in [-0.2, -0.15) is 0 Å². The summed E-state index contributed by atoms with van der Waals surface area (Å²) in [6, 6.07) is 12.9. The molecule has 0 amide bonds. The first-order valence-corrected chi connectivity index (χ1v) is 9.19. The number of carbonyl (C=O) groups excluding carboxylic acids is 1. The molecular weight excluding hydrogens is 424 g/mol. The number of anilines is 1. The van der Waals surface area contributed by atoms with Gasteiger partial charge < -0.3 is 15.3 Å². The molecule has 0 unspecified atom stereocenters. The molecule has 0 aliphatic carbocycles. The second-order valence-corrected chi connectivity index (χ2v) is 7.25. The lowest BCUT2D eigenvalue weighted by Gasteiger charge is -2.06. The van der Waals surface area contributed by atoms with Crippen molar-refractivity contribution < 1.29 is 19.5 Å². The van der Waals surface area contributed by atoms with Gasteiger partial charge in [0.1, 0.15) is 12.4 Å². The van der Waals surface area contributed by atoms with Gasteiger partial charge in [-0.25, -0.2) is 4.79 Å². The molecule has 3 rings (SSSR count). The molecule has 0 bridgehead atoms. The second kappa shape index (κ2) is 10.4. The largest absolute Gasteiger partial charge is 0.423 e. The number of hydrogen-bond acceptors (Lipinski definition) is 10. The highest BCUT2D eigenvalue weighted by Crippen LogP contribution is 2.16. The molecule has 0 saturated carbocycles. The van der Waals surface area contributed by atoms with E-state index in [-0.39, 0.29) is 6.61 Å². The van der Waals surface area contributed by atoms with E-state index in [0.717, 1.165) is 0 Å². The average molecular weight is 439 g/mol. The number of rotatable bonds is 5. The molecule has 1 aromatic heterocycles. The normalized spacial score (nSPS) is 9.75. The Bertz CT molecular complexity index is 1000.